The number of rotatable bonds is 4. The maximum Gasteiger partial charge on any atom is 0.240 e. The summed E-state index contributed by atoms with van der Waals surface area (Å²) in [7, 11) is 0. The van der Waals surface area contributed by atoms with Crippen LogP contribution < -0.4 is 5.73 Å². The van der Waals surface area contributed by atoms with E-state index in [1.165, 1.54) is 12.8 Å². The second-order valence-electron chi connectivity index (χ2n) is 4.93. The van der Waals surface area contributed by atoms with Gasteiger partial charge in [0.15, 0.2) is 5.82 Å². The number of hydrogen-bond donors (Lipinski definition) is 1. The van der Waals surface area contributed by atoms with Crippen molar-refractivity contribution in [2.24, 2.45) is 11.1 Å². The van der Waals surface area contributed by atoms with E-state index in [0.29, 0.717) is 17.9 Å². The third-order valence-electron chi connectivity index (χ3n) is 3.54. The molecule has 1 unspecified atom stereocenters. The summed E-state index contributed by atoms with van der Waals surface area (Å²) >= 11 is 0. The first-order valence-electron chi connectivity index (χ1n) is 5.89. The Labute approximate surface area is 108 Å². The summed E-state index contributed by atoms with van der Waals surface area (Å²) in [6, 6.07) is 0. The summed E-state index contributed by atoms with van der Waals surface area (Å²) in [5, 5.41) is 3.92. The SMILES string of the molecule is CCC1(C)CCN(Cc2noc(CN)n2)C1.Cl. The van der Waals surface area contributed by atoms with Crippen molar-refractivity contribution in [1.82, 2.24) is 15.0 Å². The molecule has 1 fully saturated rings. The Bertz CT molecular complexity index is 357. The van der Waals surface area contributed by atoms with Crippen LogP contribution in [-0.4, -0.2) is 28.1 Å². The molecule has 0 saturated carbocycles. The Kier molecular flexibility index (Phi) is 4.91. The fourth-order valence-corrected chi connectivity index (χ4v) is 2.19. The highest BCUT2D eigenvalue weighted by molar-refractivity contribution is 5.85. The molecule has 0 bridgehead atoms. The van der Waals surface area contributed by atoms with Crippen LogP contribution in [0.4, 0.5) is 0 Å². The molecule has 2 rings (SSSR count). The van der Waals surface area contributed by atoms with Gasteiger partial charge in [0.2, 0.25) is 5.89 Å². The van der Waals surface area contributed by atoms with Crippen molar-refractivity contribution in [3.05, 3.63) is 11.7 Å². The summed E-state index contributed by atoms with van der Waals surface area (Å²) in [6.45, 7) is 7.94. The minimum atomic E-state index is 0. The van der Waals surface area contributed by atoms with Gasteiger partial charge in [-0.05, 0) is 24.8 Å². The van der Waals surface area contributed by atoms with Crippen molar-refractivity contribution in [3.63, 3.8) is 0 Å². The highest BCUT2D eigenvalue weighted by Gasteiger charge is 2.32. The molecule has 2 heterocycles. The number of likely N-dealkylation sites (tertiary alicyclic amines) is 1. The summed E-state index contributed by atoms with van der Waals surface area (Å²) in [5.41, 5.74) is 5.88. The molecule has 1 saturated heterocycles. The number of nitrogens with zero attached hydrogens (tertiary/aromatic N) is 3. The predicted octanol–water partition coefficient (Wildman–Crippen LogP) is 1.57. The number of hydrogen-bond acceptors (Lipinski definition) is 5. The molecule has 0 aliphatic carbocycles. The van der Waals surface area contributed by atoms with E-state index in [2.05, 4.69) is 28.9 Å². The highest BCUT2D eigenvalue weighted by atomic mass is 35.5. The molecular weight excluding hydrogens is 240 g/mol. The smallest absolute Gasteiger partial charge is 0.240 e. The maximum absolute atomic E-state index is 5.43. The van der Waals surface area contributed by atoms with Crippen molar-refractivity contribution >= 4 is 12.4 Å². The predicted molar refractivity (Wildman–Crippen MR) is 67.7 cm³/mol. The molecule has 2 N–H and O–H groups in total. The Hall–Kier alpha value is -0.650. The third-order valence-corrected chi connectivity index (χ3v) is 3.54. The van der Waals surface area contributed by atoms with Crippen LogP contribution in [-0.2, 0) is 13.1 Å². The van der Waals surface area contributed by atoms with E-state index in [0.717, 1.165) is 25.5 Å². The van der Waals surface area contributed by atoms with Gasteiger partial charge in [-0.15, -0.1) is 12.4 Å². The highest BCUT2D eigenvalue weighted by Crippen LogP contribution is 2.33. The number of halogens is 1. The minimum absolute atomic E-state index is 0. The lowest BCUT2D eigenvalue weighted by atomic mass is 9.87. The number of nitrogens with two attached hydrogens (primary N) is 1. The molecule has 1 aromatic heterocycles. The molecule has 1 aliphatic heterocycles. The van der Waals surface area contributed by atoms with Gasteiger partial charge >= 0.3 is 0 Å². The van der Waals surface area contributed by atoms with Crippen molar-refractivity contribution in [2.45, 2.75) is 39.8 Å². The molecule has 1 aliphatic rings. The Morgan fingerprint density at radius 2 is 2.29 bits per heavy atom. The van der Waals surface area contributed by atoms with Crippen molar-refractivity contribution < 1.29 is 4.52 Å². The second kappa shape index (κ2) is 5.80. The Morgan fingerprint density at radius 1 is 1.53 bits per heavy atom. The van der Waals surface area contributed by atoms with Gasteiger partial charge in [0, 0.05) is 6.54 Å². The van der Waals surface area contributed by atoms with E-state index in [1.807, 2.05) is 0 Å². The average molecular weight is 261 g/mol. The molecule has 0 amide bonds. The standard InChI is InChI=1S/C11H20N4O.ClH/c1-3-11(2)4-5-15(8-11)7-9-13-10(6-12)16-14-9;/h3-8,12H2,1-2H3;1H. The molecule has 1 aromatic rings. The first-order valence-corrected chi connectivity index (χ1v) is 5.89. The van der Waals surface area contributed by atoms with Crippen LogP contribution in [0.1, 0.15) is 38.4 Å². The largest absolute Gasteiger partial charge is 0.338 e. The van der Waals surface area contributed by atoms with E-state index in [4.69, 9.17) is 10.3 Å². The van der Waals surface area contributed by atoms with Gasteiger partial charge in [-0.3, -0.25) is 4.90 Å². The monoisotopic (exact) mass is 260 g/mol. The molecule has 17 heavy (non-hydrogen) atoms. The summed E-state index contributed by atoms with van der Waals surface area (Å²) < 4.78 is 4.99. The van der Waals surface area contributed by atoms with Crippen LogP contribution in [0.15, 0.2) is 4.52 Å². The Balaban J connectivity index is 0.00000144. The van der Waals surface area contributed by atoms with Crippen molar-refractivity contribution in [1.29, 1.82) is 0 Å². The van der Waals surface area contributed by atoms with Crippen LogP contribution in [0.5, 0.6) is 0 Å². The topological polar surface area (TPSA) is 68.2 Å². The quantitative estimate of drug-likeness (QED) is 0.890. The summed E-state index contributed by atoms with van der Waals surface area (Å²) in [4.78, 5) is 6.60. The van der Waals surface area contributed by atoms with E-state index < -0.39 is 0 Å². The Morgan fingerprint density at radius 3 is 2.82 bits per heavy atom. The number of aromatic nitrogens is 2. The lowest BCUT2D eigenvalue weighted by Gasteiger charge is -2.21. The van der Waals surface area contributed by atoms with Crippen molar-refractivity contribution in [2.75, 3.05) is 13.1 Å². The van der Waals surface area contributed by atoms with Gasteiger partial charge < -0.3 is 10.3 Å². The van der Waals surface area contributed by atoms with E-state index >= 15 is 0 Å². The molecule has 1 atom stereocenters. The zero-order chi connectivity index (χ0) is 11.6. The molecule has 98 valence electrons. The molecule has 5 nitrogen and oxygen atoms in total. The zero-order valence-electron chi connectivity index (χ0n) is 10.5. The van der Waals surface area contributed by atoms with Crippen LogP contribution in [0.3, 0.4) is 0 Å². The molecule has 6 heteroatoms. The lowest BCUT2D eigenvalue weighted by molar-refractivity contribution is 0.255. The lowest BCUT2D eigenvalue weighted by Crippen LogP contribution is -2.24. The summed E-state index contributed by atoms with van der Waals surface area (Å²) in [6.07, 6.45) is 2.48. The van der Waals surface area contributed by atoms with Crippen LogP contribution in [0.25, 0.3) is 0 Å². The first-order chi connectivity index (χ1) is 7.65. The van der Waals surface area contributed by atoms with Gasteiger partial charge in [0.1, 0.15) is 0 Å². The summed E-state index contributed by atoms with van der Waals surface area (Å²) in [5.74, 6) is 1.27. The van der Waals surface area contributed by atoms with E-state index in [-0.39, 0.29) is 12.4 Å². The van der Waals surface area contributed by atoms with Gasteiger partial charge in [0.05, 0.1) is 13.1 Å². The van der Waals surface area contributed by atoms with Gasteiger partial charge in [0.25, 0.3) is 0 Å². The third kappa shape index (κ3) is 3.40. The van der Waals surface area contributed by atoms with E-state index in [9.17, 15) is 0 Å². The molecular formula is C11H21ClN4O. The van der Waals surface area contributed by atoms with Crippen LogP contribution >= 0.6 is 12.4 Å². The van der Waals surface area contributed by atoms with Crippen LogP contribution in [0.2, 0.25) is 0 Å². The zero-order valence-corrected chi connectivity index (χ0v) is 11.3. The fraction of sp³-hybridized carbons (Fsp3) is 0.818. The van der Waals surface area contributed by atoms with E-state index in [1.54, 1.807) is 0 Å². The van der Waals surface area contributed by atoms with Gasteiger partial charge in [-0.1, -0.05) is 19.0 Å². The van der Waals surface area contributed by atoms with Gasteiger partial charge in [-0.25, -0.2) is 0 Å². The first kappa shape index (κ1) is 14.4. The van der Waals surface area contributed by atoms with Crippen molar-refractivity contribution in [3.8, 4) is 0 Å². The molecule has 0 aromatic carbocycles. The molecule has 0 radical (unpaired) electrons. The maximum atomic E-state index is 5.43. The average Bonchev–Trinajstić information content (AvgIpc) is 2.87. The fourth-order valence-electron chi connectivity index (χ4n) is 2.19. The molecule has 0 spiro atoms. The normalized spacial score (nSPS) is 24.9. The van der Waals surface area contributed by atoms with Gasteiger partial charge in [-0.2, -0.15) is 4.98 Å². The minimum Gasteiger partial charge on any atom is -0.338 e. The second-order valence-corrected chi connectivity index (χ2v) is 4.93. The van der Waals surface area contributed by atoms with Crippen LogP contribution in [0, 0.1) is 5.41 Å².